The second-order valence-corrected chi connectivity index (χ2v) is 5.63. The van der Waals surface area contributed by atoms with Gasteiger partial charge in [0.1, 0.15) is 0 Å². The van der Waals surface area contributed by atoms with Crippen molar-refractivity contribution in [1.29, 1.82) is 0 Å². The average molecular weight is 346 g/mol. The molecule has 2 aromatic rings. The van der Waals surface area contributed by atoms with Crippen molar-refractivity contribution in [1.82, 2.24) is 4.98 Å². The molecule has 0 aliphatic heterocycles. The smallest absolute Gasteiger partial charge is 0.0512 e. The minimum absolute atomic E-state index is 0. The lowest BCUT2D eigenvalue weighted by Crippen LogP contribution is -2.36. The van der Waals surface area contributed by atoms with Crippen LogP contribution in [0.5, 0.6) is 0 Å². The normalized spacial score (nSPS) is 15.3. The maximum absolute atomic E-state index is 5.98. The number of nitrogens with zero attached hydrogens (tertiary/aromatic N) is 1. The molecular weight excluding hydrogens is 327 g/mol. The Morgan fingerprint density at radius 2 is 1.76 bits per heavy atom. The molecule has 0 atom stereocenters. The van der Waals surface area contributed by atoms with Crippen molar-refractivity contribution in [3.8, 4) is 0 Å². The zero-order chi connectivity index (χ0) is 13.3. The van der Waals surface area contributed by atoms with Gasteiger partial charge in [-0.05, 0) is 48.2 Å². The maximum Gasteiger partial charge on any atom is 0.0512 e. The van der Waals surface area contributed by atoms with Crippen LogP contribution in [0.15, 0.2) is 42.6 Å². The van der Waals surface area contributed by atoms with Gasteiger partial charge in [-0.15, -0.1) is 24.8 Å². The van der Waals surface area contributed by atoms with Crippen molar-refractivity contribution in [3.63, 3.8) is 0 Å². The molecule has 0 bridgehead atoms. The van der Waals surface area contributed by atoms with E-state index in [4.69, 9.17) is 17.3 Å². The van der Waals surface area contributed by atoms with Gasteiger partial charge >= 0.3 is 0 Å². The van der Waals surface area contributed by atoms with Crippen LogP contribution in [0.25, 0.3) is 0 Å². The third-order valence-electron chi connectivity index (χ3n) is 4.15. The fourth-order valence-corrected chi connectivity index (χ4v) is 2.98. The first-order valence-corrected chi connectivity index (χ1v) is 7.04. The Balaban J connectivity index is 0.00000110. The lowest BCUT2D eigenvalue weighted by molar-refractivity contribution is 0.293. The first kappa shape index (κ1) is 18.2. The summed E-state index contributed by atoms with van der Waals surface area (Å²) in [7, 11) is 0. The number of nitrogens with two attached hydrogens (primary N) is 1. The first-order valence-electron chi connectivity index (χ1n) is 6.66. The van der Waals surface area contributed by atoms with E-state index in [0.717, 1.165) is 29.1 Å². The van der Waals surface area contributed by atoms with Gasteiger partial charge in [-0.1, -0.05) is 30.2 Å². The van der Waals surface area contributed by atoms with E-state index in [9.17, 15) is 0 Å². The molecule has 1 aromatic carbocycles. The highest BCUT2D eigenvalue weighted by Crippen LogP contribution is 2.48. The molecule has 0 saturated heterocycles. The van der Waals surface area contributed by atoms with Gasteiger partial charge in [0.15, 0.2) is 0 Å². The Labute approximate surface area is 142 Å². The van der Waals surface area contributed by atoms with Gasteiger partial charge in [0.05, 0.1) is 5.69 Å². The maximum atomic E-state index is 5.98. The fraction of sp³-hybridized carbons (Fsp3) is 0.312. The largest absolute Gasteiger partial charge is 0.326 e. The molecule has 5 heteroatoms. The highest BCUT2D eigenvalue weighted by molar-refractivity contribution is 6.30. The monoisotopic (exact) mass is 344 g/mol. The fourth-order valence-electron chi connectivity index (χ4n) is 2.85. The number of hydrogen-bond acceptors (Lipinski definition) is 2. The molecule has 0 amide bonds. The molecule has 0 spiro atoms. The van der Waals surface area contributed by atoms with Crippen molar-refractivity contribution >= 4 is 36.4 Å². The van der Waals surface area contributed by atoms with Crippen LogP contribution in [0.4, 0.5) is 0 Å². The van der Waals surface area contributed by atoms with Gasteiger partial charge < -0.3 is 5.73 Å². The highest BCUT2D eigenvalue weighted by Gasteiger charge is 2.41. The van der Waals surface area contributed by atoms with Crippen LogP contribution in [0.3, 0.4) is 0 Å². The number of halogens is 3. The number of hydrogen-bond donors (Lipinski definition) is 1. The summed E-state index contributed by atoms with van der Waals surface area (Å²) < 4.78 is 0. The zero-order valence-corrected chi connectivity index (χ0v) is 14.0. The van der Waals surface area contributed by atoms with E-state index in [1.165, 1.54) is 12.0 Å². The summed E-state index contributed by atoms with van der Waals surface area (Å²) in [5.41, 5.74) is 9.40. The van der Waals surface area contributed by atoms with Gasteiger partial charge in [0.2, 0.25) is 0 Å². The van der Waals surface area contributed by atoms with E-state index in [1.807, 2.05) is 24.4 Å². The topological polar surface area (TPSA) is 38.9 Å². The summed E-state index contributed by atoms with van der Waals surface area (Å²) in [6, 6.07) is 12.3. The molecule has 2 N–H and O–H groups in total. The standard InChI is InChI=1S/C16H17ClN2.2ClH/c17-14-4-2-13(3-5-14)16(7-1-8-16)15-10-12(11-18)6-9-19-15;;/h2-6,9-10H,1,7-8,11,18H2;2*1H. The summed E-state index contributed by atoms with van der Waals surface area (Å²) in [6.07, 6.45) is 5.41. The summed E-state index contributed by atoms with van der Waals surface area (Å²) >= 11 is 5.98. The minimum Gasteiger partial charge on any atom is -0.326 e. The molecule has 2 nitrogen and oxygen atoms in total. The first-order chi connectivity index (χ1) is 9.24. The van der Waals surface area contributed by atoms with Gasteiger partial charge in [0, 0.05) is 23.2 Å². The Morgan fingerprint density at radius 1 is 1.10 bits per heavy atom. The molecular formula is C16H19Cl3N2. The molecule has 3 rings (SSSR count). The van der Waals surface area contributed by atoms with Crippen LogP contribution in [0, 0.1) is 0 Å². The van der Waals surface area contributed by atoms with E-state index in [0.29, 0.717) is 6.54 Å². The van der Waals surface area contributed by atoms with E-state index in [2.05, 4.69) is 23.2 Å². The molecule has 21 heavy (non-hydrogen) atoms. The highest BCUT2D eigenvalue weighted by atomic mass is 35.5. The SMILES string of the molecule is Cl.Cl.NCc1ccnc(C2(c3ccc(Cl)cc3)CCC2)c1. The number of benzene rings is 1. The van der Waals surface area contributed by atoms with Crippen molar-refractivity contribution in [2.45, 2.75) is 31.2 Å². The number of pyridine rings is 1. The molecule has 1 saturated carbocycles. The van der Waals surface area contributed by atoms with Crippen LogP contribution in [-0.2, 0) is 12.0 Å². The van der Waals surface area contributed by atoms with Crippen LogP contribution < -0.4 is 5.73 Å². The third kappa shape index (κ3) is 3.35. The Bertz CT molecular complexity index is 580. The molecule has 1 aromatic heterocycles. The molecule has 1 aliphatic carbocycles. The van der Waals surface area contributed by atoms with E-state index in [1.54, 1.807) is 0 Å². The molecule has 1 fully saturated rings. The molecule has 114 valence electrons. The van der Waals surface area contributed by atoms with Crippen LogP contribution in [0.2, 0.25) is 5.02 Å². The molecule has 1 aliphatic rings. The van der Waals surface area contributed by atoms with Gasteiger partial charge in [-0.3, -0.25) is 4.98 Å². The van der Waals surface area contributed by atoms with Gasteiger partial charge in [-0.25, -0.2) is 0 Å². The van der Waals surface area contributed by atoms with Crippen LogP contribution in [0.1, 0.15) is 36.1 Å². The number of aromatic nitrogens is 1. The summed E-state index contributed by atoms with van der Waals surface area (Å²) in [5, 5.41) is 0.780. The lowest BCUT2D eigenvalue weighted by Gasteiger charge is -2.42. The molecule has 1 heterocycles. The average Bonchev–Trinajstić information content (AvgIpc) is 2.40. The quantitative estimate of drug-likeness (QED) is 0.889. The van der Waals surface area contributed by atoms with Crippen molar-refractivity contribution in [2.24, 2.45) is 5.73 Å². The van der Waals surface area contributed by atoms with Crippen LogP contribution >= 0.6 is 36.4 Å². The summed E-state index contributed by atoms with van der Waals surface area (Å²) in [5.74, 6) is 0. The minimum atomic E-state index is 0. The second kappa shape index (κ2) is 7.46. The van der Waals surface area contributed by atoms with E-state index in [-0.39, 0.29) is 30.2 Å². The van der Waals surface area contributed by atoms with Crippen molar-refractivity contribution < 1.29 is 0 Å². The van der Waals surface area contributed by atoms with Gasteiger partial charge in [-0.2, -0.15) is 0 Å². The van der Waals surface area contributed by atoms with Crippen LogP contribution in [-0.4, -0.2) is 4.98 Å². The van der Waals surface area contributed by atoms with E-state index >= 15 is 0 Å². The predicted molar refractivity (Wildman–Crippen MR) is 92.7 cm³/mol. The Morgan fingerprint density at radius 3 is 2.29 bits per heavy atom. The van der Waals surface area contributed by atoms with Crippen molar-refractivity contribution in [3.05, 3.63) is 64.4 Å². The Hall–Kier alpha value is -0.800. The van der Waals surface area contributed by atoms with E-state index < -0.39 is 0 Å². The summed E-state index contributed by atoms with van der Waals surface area (Å²) in [6.45, 7) is 0.562. The predicted octanol–water partition coefficient (Wildman–Crippen LogP) is 4.51. The molecule has 0 unspecified atom stereocenters. The third-order valence-corrected chi connectivity index (χ3v) is 4.41. The summed E-state index contributed by atoms with van der Waals surface area (Å²) in [4.78, 5) is 4.59. The lowest BCUT2D eigenvalue weighted by atomic mass is 9.62. The van der Waals surface area contributed by atoms with Gasteiger partial charge in [0.25, 0.3) is 0 Å². The zero-order valence-electron chi connectivity index (χ0n) is 11.6. The molecule has 0 radical (unpaired) electrons. The Kier molecular flexibility index (Phi) is 6.48. The number of rotatable bonds is 3. The second-order valence-electron chi connectivity index (χ2n) is 5.20. The van der Waals surface area contributed by atoms with Crippen molar-refractivity contribution in [2.75, 3.05) is 0 Å².